The molecule has 0 amide bonds. The standard InChI is InChI=1S/C9H12FN2O8P/c10-4-2-12(9(15)11-8(4)14)7-1-5(13)6(20-7)3-19-21(16,17)18/h2,5-7,13H,1,3H2,(H,11,14,15)(H2,16,17,18)/t5-,6-,7+/m1/s1. The van der Waals surface area contributed by atoms with Crippen molar-refractivity contribution in [3.8, 4) is 0 Å². The highest BCUT2D eigenvalue weighted by Crippen LogP contribution is 2.38. The highest BCUT2D eigenvalue weighted by Gasteiger charge is 2.37. The maximum absolute atomic E-state index is 13.2. The number of aromatic amines is 1. The van der Waals surface area contributed by atoms with Crippen LogP contribution in [0.4, 0.5) is 4.39 Å². The van der Waals surface area contributed by atoms with Crippen molar-refractivity contribution in [2.24, 2.45) is 0 Å². The second kappa shape index (κ2) is 5.79. The van der Waals surface area contributed by atoms with Crippen molar-refractivity contribution in [1.29, 1.82) is 0 Å². The van der Waals surface area contributed by atoms with E-state index in [2.05, 4.69) is 4.52 Å². The predicted molar refractivity (Wildman–Crippen MR) is 63.8 cm³/mol. The first-order chi connectivity index (χ1) is 9.67. The molecule has 0 unspecified atom stereocenters. The molecule has 2 heterocycles. The summed E-state index contributed by atoms with van der Waals surface area (Å²) in [5, 5.41) is 9.69. The summed E-state index contributed by atoms with van der Waals surface area (Å²) in [6, 6.07) is 0. The second-order valence-corrected chi connectivity index (χ2v) is 5.60. The molecule has 10 nitrogen and oxygen atoms in total. The lowest BCUT2D eigenvalue weighted by Gasteiger charge is -2.16. The van der Waals surface area contributed by atoms with E-state index in [1.807, 2.05) is 0 Å². The van der Waals surface area contributed by atoms with Crippen LogP contribution in [0.2, 0.25) is 0 Å². The Bertz CT molecular complexity index is 681. The Morgan fingerprint density at radius 2 is 2.19 bits per heavy atom. The minimum Gasteiger partial charge on any atom is -0.390 e. The summed E-state index contributed by atoms with van der Waals surface area (Å²) in [5.74, 6) is -1.21. The van der Waals surface area contributed by atoms with Gasteiger partial charge in [-0.1, -0.05) is 0 Å². The predicted octanol–water partition coefficient (Wildman–Crippen LogP) is -1.57. The molecule has 1 aliphatic rings. The van der Waals surface area contributed by atoms with Gasteiger partial charge >= 0.3 is 13.5 Å². The summed E-state index contributed by atoms with van der Waals surface area (Å²) >= 11 is 0. The fourth-order valence-electron chi connectivity index (χ4n) is 1.88. The van der Waals surface area contributed by atoms with Crippen molar-refractivity contribution in [2.45, 2.75) is 24.9 Å². The highest BCUT2D eigenvalue weighted by molar-refractivity contribution is 7.46. The number of hydrogen-bond acceptors (Lipinski definition) is 6. The maximum Gasteiger partial charge on any atom is 0.469 e. The third kappa shape index (κ3) is 3.84. The van der Waals surface area contributed by atoms with E-state index in [0.29, 0.717) is 6.20 Å². The van der Waals surface area contributed by atoms with Crippen LogP contribution in [0.25, 0.3) is 0 Å². The summed E-state index contributed by atoms with van der Waals surface area (Å²) in [7, 11) is -4.73. The molecule has 0 aromatic carbocycles. The number of nitrogens with zero attached hydrogens (tertiary/aromatic N) is 1. The fourth-order valence-corrected chi connectivity index (χ4v) is 2.22. The summed E-state index contributed by atoms with van der Waals surface area (Å²) in [4.78, 5) is 41.3. The summed E-state index contributed by atoms with van der Waals surface area (Å²) in [5.41, 5.74) is -2.12. The van der Waals surface area contributed by atoms with Gasteiger partial charge < -0.3 is 19.6 Å². The lowest BCUT2D eigenvalue weighted by Crippen LogP contribution is -2.34. The first kappa shape index (κ1) is 16.0. The first-order valence-electron chi connectivity index (χ1n) is 5.72. The smallest absolute Gasteiger partial charge is 0.390 e. The van der Waals surface area contributed by atoms with Crippen LogP contribution in [0.3, 0.4) is 0 Å². The van der Waals surface area contributed by atoms with E-state index in [1.54, 1.807) is 4.98 Å². The largest absolute Gasteiger partial charge is 0.469 e. The van der Waals surface area contributed by atoms with Crippen LogP contribution in [0.5, 0.6) is 0 Å². The number of H-pyrrole nitrogens is 1. The molecule has 0 saturated carbocycles. The molecule has 0 radical (unpaired) electrons. The molecule has 0 aliphatic carbocycles. The highest BCUT2D eigenvalue weighted by atomic mass is 31.2. The van der Waals surface area contributed by atoms with Gasteiger partial charge in [-0.05, 0) is 0 Å². The van der Waals surface area contributed by atoms with E-state index in [4.69, 9.17) is 14.5 Å². The number of aromatic nitrogens is 2. The molecule has 1 saturated heterocycles. The van der Waals surface area contributed by atoms with E-state index in [9.17, 15) is 23.7 Å². The van der Waals surface area contributed by atoms with Gasteiger partial charge in [-0.25, -0.2) is 9.36 Å². The number of ether oxygens (including phenoxy) is 1. The Hall–Kier alpha value is -1.36. The molecule has 1 aromatic heterocycles. The lowest BCUT2D eigenvalue weighted by atomic mass is 10.2. The number of nitrogens with one attached hydrogen (secondary N) is 1. The Morgan fingerprint density at radius 1 is 1.52 bits per heavy atom. The summed E-state index contributed by atoms with van der Waals surface area (Å²) < 4.78 is 33.9. The SMILES string of the molecule is O=c1[nH]c(=O)n([C@@H]2C[C@@H](O)[C@@H](COP(=O)(O)O)O2)cc1F. The van der Waals surface area contributed by atoms with Crippen molar-refractivity contribution in [3.05, 3.63) is 32.9 Å². The van der Waals surface area contributed by atoms with Crippen LogP contribution in [-0.2, 0) is 13.8 Å². The Kier molecular flexibility index (Phi) is 4.42. The van der Waals surface area contributed by atoms with E-state index in [-0.39, 0.29) is 6.42 Å². The minimum atomic E-state index is -4.73. The number of phosphoric acid groups is 1. The van der Waals surface area contributed by atoms with Crippen molar-refractivity contribution in [2.75, 3.05) is 6.61 Å². The Balaban J connectivity index is 2.14. The number of phosphoric ester groups is 1. The quantitative estimate of drug-likeness (QED) is 0.485. The lowest BCUT2D eigenvalue weighted by molar-refractivity contribution is -0.0453. The summed E-state index contributed by atoms with van der Waals surface area (Å²) in [6.07, 6.45) is -2.89. The van der Waals surface area contributed by atoms with Gasteiger partial charge in [0.1, 0.15) is 12.3 Å². The zero-order chi connectivity index (χ0) is 15.8. The Morgan fingerprint density at radius 3 is 2.81 bits per heavy atom. The normalized spacial score (nSPS) is 26.2. The van der Waals surface area contributed by atoms with Crippen LogP contribution in [0, 0.1) is 5.82 Å². The molecule has 118 valence electrons. The van der Waals surface area contributed by atoms with Crippen molar-refractivity contribution in [1.82, 2.24) is 9.55 Å². The van der Waals surface area contributed by atoms with Crippen LogP contribution < -0.4 is 11.2 Å². The third-order valence-electron chi connectivity index (χ3n) is 2.85. The van der Waals surface area contributed by atoms with E-state index in [1.165, 1.54) is 0 Å². The van der Waals surface area contributed by atoms with Crippen molar-refractivity contribution in [3.63, 3.8) is 0 Å². The maximum atomic E-state index is 13.2. The number of hydrogen-bond donors (Lipinski definition) is 4. The van der Waals surface area contributed by atoms with Crippen LogP contribution in [-0.4, -0.2) is 43.3 Å². The average Bonchev–Trinajstić information content (AvgIpc) is 2.72. The fraction of sp³-hybridized carbons (Fsp3) is 0.556. The molecule has 21 heavy (non-hydrogen) atoms. The average molecular weight is 326 g/mol. The first-order valence-corrected chi connectivity index (χ1v) is 7.25. The molecular formula is C9H12FN2O8P. The van der Waals surface area contributed by atoms with Gasteiger partial charge in [-0.15, -0.1) is 0 Å². The molecule has 0 spiro atoms. The monoisotopic (exact) mass is 326 g/mol. The van der Waals surface area contributed by atoms with Crippen LogP contribution in [0.1, 0.15) is 12.6 Å². The van der Waals surface area contributed by atoms with Crippen molar-refractivity contribution >= 4 is 7.82 Å². The molecule has 0 bridgehead atoms. The minimum absolute atomic E-state index is 0.138. The number of aliphatic hydroxyl groups is 1. The van der Waals surface area contributed by atoms with E-state index in [0.717, 1.165) is 4.57 Å². The molecule has 1 aliphatic heterocycles. The molecule has 3 atom stereocenters. The molecule has 1 fully saturated rings. The van der Waals surface area contributed by atoms with Gasteiger partial charge in [-0.3, -0.25) is 18.9 Å². The summed E-state index contributed by atoms with van der Waals surface area (Å²) in [6.45, 7) is -0.609. The zero-order valence-electron chi connectivity index (χ0n) is 10.4. The van der Waals surface area contributed by atoms with E-state index >= 15 is 0 Å². The van der Waals surface area contributed by atoms with Crippen molar-refractivity contribution < 1.29 is 33.1 Å². The number of halogens is 1. The third-order valence-corrected chi connectivity index (χ3v) is 3.33. The molecule has 12 heteroatoms. The number of rotatable bonds is 4. The van der Waals surface area contributed by atoms with Gasteiger partial charge in [-0.2, -0.15) is 4.39 Å². The Labute approximate surface area is 116 Å². The van der Waals surface area contributed by atoms with Gasteiger partial charge in [0, 0.05) is 6.42 Å². The zero-order valence-corrected chi connectivity index (χ0v) is 11.3. The van der Waals surface area contributed by atoms with Gasteiger partial charge in [0.15, 0.2) is 0 Å². The second-order valence-electron chi connectivity index (χ2n) is 4.36. The van der Waals surface area contributed by atoms with Crippen LogP contribution in [0.15, 0.2) is 15.8 Å². The van der Waals surface area contributed by atoms with E-state index < -0.39 is 49.9 Å². The number of aliphatic hydroxyl groups excluding tert-OH is 1. The topological polar surface area (TPSA) is 151 Å². The van der Waals surface area contributed by atoms with Crippen LogP contribution >= 0.6 is 7.82 Å². The molecule has 2 rings (SSSR count). The molecular weight excluding hydrogens is 314 g/mol. The van der Waals surface area contributed by atoms with Gasteiger partial charge in [0.2, 0.25) is 5.82 Å². The molecule has 4 N–H and O–H groups in total. The van der Waals surface area contributed by atoms with Gasteiger partial charge in [0.25, 0.3) is 5.56 Å². The van der Waals surface area contributed by atoms with Gasteiger partial charge in [0.05, 0.1) is 18.9 Å². The molecule has 1 aromatic rings.